The van der Waals surface area contributed by atoms with Crippen molar-refractivity contribution in [3.8, 4) is 5.75 Å². The van der Waals surface area contributed by atoms with Crippen molar-refractivity contribution in [2.45, 2.75) is 37.2 Å². The van der Waals surface area contributed by atoms with Gasteiger partial charge in [-0.15, -0.1) is 0 Å². The van der Waals surface area contributed by atoms with E-state index in [1.165, 1.54) is 0 Å². The molecular formula is C26H33N7O4S. The van der Waals surface area contributed by atoms with Crippen LogP contribution in [0.5, 0.6) is 5.75 Å². The molecule has 2 fully saturated rings. The first-order valence-corrected chi connectivity index (χ1v) is 13.8. The third kappa shape index (κ3) is 5.70. The van der Waals surface area contributed by atoms with Gasteiger partial charge in [0, 0.05) is 43.5 Å². The van der Waals surface area contributed by atoms with Crippen molar-refractivity contribution in [2.75, 3.05) is 56.3 Å². The Morgan fingerprint density at radius 1 is 1.21 bits per heavy atom. The molecule has 0 aliphatic carbocycles. The third-order valence-electron chi connectivity index (χ3n) is 6.61. The molecular weight excluding hydrogens is 506 g/mol. The number of hydrogen-bond acceptors (Lipinski definition) is 9. The number of nitrogens with one attached hydrogen (secondary N) is 1. The first kappa shape index (κ1) is 26.2. The summed E-state index contributed by atoms with van der Waals surface area (Å²) >= 11 is 1.62. The predicted molar refractivity (Wildman–Crippen MR) is 146 cm³/mol. The molecule has 2 aliphatic heterocycles. The van der Waals surface area contributed by atoms with E-state index in [2.05, 4.69) is 29.2 Å². The molecule has 2 aliphatic rings. The summed E-state index contributed by atoms with van der Waals surface area (Å²) in [5.74, 6) is 1.00. The Balaban J connectivity index is 1.24. The molecule has 1 atom stereocenters. The highest BCUT2D eigenvalue weighted by atomic mass is 32.2. The summed E-state index contributed by atoms with van der Waals surface area (Å²) in [5, 5.41) is 9.50. The number of aromatic nitrogens is 4. The van der Waals surface area contributed by atoms with Crippen molar-refractivity contribution in [1.29, 1.82) is 0 Å². The third-order valence-corrected chi connectivity index (χ3v) is 7.47. The summed E-state index contributed by atoms with van der Waals surface area (Å²) in [6.07, 6.45) is 1.99. The van der Waals surface area contributed by atoms with Crippen molar-refractivity contribution in [3.63, 3.8) is 0 Å². The van der Waals surface area contributed by atoms with Gasteiger partial charge in [0.05, 0.1) is 44.4 Å². The SMILES string of the molecule is COc1ccc(N2CC(C(=O)NCCn3ncc4c(N5CCOCC5)nc(SC(C)C)nc43)CC2=O)cc1. The van der Waals surface area contributed by atoms with Crippen LogP contribution in [0.25, 0.3) is 11.0 Å². The van der Waals surface area contributed by atoms with Crippen LogP contribution in [0.2, 0.25) is 0 Å². The molecule has 0 spiro atoms. The first-order valence-electron chi connectivity index (χ1n) is 12.9. The number of ether oxygens (including phenoxy) is 2. The highest BCUT2D eigenvalue weighted by molar-refractivity contribution is 7.99. The zero-order valence-corrected chi connectivity index (χ0v) is 22.7. The Hall–Kier alpha value is -3.38. The summed E-state index contributed by atoms with van der Waals surface area (Å²) < 4.78 is 12.5. The van der Waals surface area contributed by atoms with E-state index in [0.29, 0.717) is 43.3 Å². The minimum Gasteiger partial charge on any atom is -0.497 e. The highest BCUT2D eigenvalue weighted by Crippen LogP contribution is 2.30. The Kier molecular flexibility index (Phi) is 7.98. The molecule has 38 heavy (non-hydrogen) atoms. The fraction of sp³-hybridized carbons (Fsp3) is 0.500. The van der Waals surface area contributed by atoms with Crippen molar-refractivity contribution < 1.29 is 19.1 Å². The molecule has 2 aromatic heterocycles. The average Bonchev–Trinajstić information content (AvgIpc) is 3.52. The molecule has 2 saturated heterocycles. The molecule has 0 bridgehead atoms. The number of hydrogen-bond donors (Lipinski definition) is 1. The normalized spacial score (nSPS) is 18.0. The molecule has 1 unspecified atom stereocenters. The van der Waals surface area contributed by atoms with E-state index in [0.717, 1.165) is 41.4 Å². The number of amides is 2. The summed E-state index contributed by atoms with van der Waals surface area (Å²) in [4.78, 5) is 39.0. The maximum absolute atomic E-state index is 12.9. The average molecular weight is 540 g/mol. The topological polar surface area (TPSA) is 115 Å². The number of morpholine rings is 1. The van der Waals surface area contributed by atoms with E-state index < -0.39 is 5.92 Å². The number of fused-ring (bicyclic) bond motifs is 1. The largest absolute Gasteiger partial charge is 0.497 e. The summed E-state index contributed by atoms with van der Waals surface area (Å²) in [6.45, 7) is 8.30. The van der Waals surface area contributed by atoms with E-state index in [1.807, 2.05) is 28.9 Å². The second-order valence-electron chi connectivity index (χ2n) is 9.60. The summed E-state index contributed by atoms with van der Waals surface area (Å²) in [5.41, 5.74) is 1.51. The zero-order chi connectivity index (χ0) is 26.6. The van der Waals surface area contributed by atoms with Crippen molar-refractivity contribution in [2.24, 2.45) is 5.92 Å². The van der Waals surface area contributed by atoms with Gasteiger partial charge in [-0.2, -0.15) is 5.10 Å². The zero-order valence-electron chi connectivity index (χ0n) is 21.9. The Bertz CT molecular complexity index is 1290. The van der Waals surface area contributed by atoms with Crippen LogP contribution >= 0.6 is 11.8 Å². The van der Waals surface area contributed by atoms with Gasteiger partial charge in [0.15, 0.2) is 10.8 Å². The number of rotatable bonds is 9. The molecule has 2 amide bonds. The van der Waals surface area contributed by atoms with Crippen LogP contribution in [0, 0.1) is 5.92 Å². The van der Waals surface area contributed by atoms with Crippen LogP contribution < -0.4 is 19.9 Å². The molecule has 4 heterocycles. The van der Waals surface area contributed by atoms with Crippen LogP contribution in [-0.2, 0) is 20.9 Å². The van der Waals surface area contributed by atoms with E-state index in [9.17, 15) is 9.59 Å². The fourth-order valence-electron chi connectivity index (χ4n) is 4.69. The van der Waals surface area contributed by atoms with Gasteiger partial charge in [-0.3, -0.25) is 9.59 Å². The Morgan fingerprint density at radius 2 is 1.97 bits per heavy atom. The van der Waals surface area contributed by atoms with Gasteiger partial charge in [0.2, 0.25) is 11.8 Å². The number of nitrogens with zero attached hydrogens (tertiary/aromatic N) is 6. The molecule has 12 heteroatoms. The summed E-state index contributed by atoms with van der Waals surface area (Å²) in [7, 11) is 1.60. The van der Waals surface area contributed by atoms with Gasteiger partial charge >= 0.3 is 0 Å². The lowest BCUT2D eigenvalue weighted by Crippen LogP contribution is -2.37. The predicted octanol–water partition coefficient (Wildman–Crippen LogP) is 2.34. The van der Waals surface area contributed by atoms with Crippen LogP contribution in [0.4, 0.5) is 11.5 Å². The van der Waals surface area contributed by atoms with Crippen LogP contribution in [0.3, 0.4) is 0 Å². The molecule has 202 valence electrons. The van der Waals surface area contributed by atoms with E-state index in [1.54, 1.807) is 30.0 Å². The lowest BCUT2D eigenvalue weighted by atomic mass is 10.1. The first-order chi connectivity index (χ1) is 18.4. The fourth-order valence-corrected chi connectivity index (χ4v) is 5.39. The van der Waals surface area contributed by atoms with Gasteiger partial charge in [-0.25, -0.2) is 14.6 Å². The van der Waals surface area contributed by atoms with Crippen LogP contribution in [-0.4, -0.2) is 83.3 Å². The van der Waals surface area contributed by atoms with E-state index in [4.69, 9.17) is 19.4 Å². The van der Waals surface area contributed by atoms with E-state index in [-0.39, 0.29) is 18.2 Å². The number of carbonyl (C=O) groups is 2. The maximum atomic E-state index is 12.9. The van der Waals surface area contributed by atoms with Gasteiger partial charge in [-0.05, 0) is 24.3 Å². The molecule has 11 nitrogen and oxygen atoms in total. The van der Waals surface area contributed by atoms with Crippen LogP contribution in [0.15, 0.2) is 35.6 Å². The van der Waals surface area contributed by atoms with E-state index >= 15 is 0 Å². The monoisotopic (exact) mass is 539 g/mol. The molecule has 1 aromatic carbocycles. The smallest absolute Gasteiger partial charge is 0.227 e. The standard InChI is InChI=1S/C26H33N7O4S/c1-17(2)38-26-29-23(31-10-12-37-13-11-31)21-15-28-33(24(21)30-26)9-8-27-25(35)18-14-22(34)32(16-18)19-4-6-20(36-3)7-5-19/h4-7,15,17-18H,8-14,16H2,1-3H3,(H,27,35). The number of benzene rings is 1. The number of carbonyl (C=O) groups excluding carboxylic acids is 2. The highest BCUT2D eigenvalue weighted by Gasteiger charge is 2.35. The number of thioether (sulfide) groups is 1. The second-order valence-corrected chi connectivity index (χ2v) is 11.1. The lowest BCUT2D eigenvalue weighted by Gasteiger charge is -2.28. The molecule has 0 radical (unpaired) electrons. The molecule has 0 saturated carbocycles. The Morgan fingerprint density at radius 3 is 2.68 bits per heavy atom. The second kappa shape index (κ2) is 11.6. The molecule has 1 N–H and O–H groups in total. The maximum Gasteiger partial charge on any atom is 0.227 e. The number of anilines is 2. The van der Waals surface area contributed by atoms with Gasteiger partial charge in [0.25, 0.3) is 0 Å². The van der Waals surface area contributed by atoms with Crippen LogP contribution in [0.1, 0.15) is 20.3 Å². The summed E-state index contributed by atoms with van der Waals surface area (Å²) in [6, 6.07) is 7.28. The molecule has 3 aromatic rings. The van der Waals surface area contributed by atoms with Crippen molar-refractivity contribution in [3.05, 3.63) is 30.5 Å². The quantitative estimate of drug-likeness (QED) is 0.323. The van der Waals surface area contributed by atoms with Gasteiger partial charge < -0.3 is 24.6 Å². The minimum atomic E-state index is -0.400. The van der Waals surface area contributed by atoms with Gasteiger partial charge in [0.1, 0.15) is 11.6 Å². The minimum absolute atomic E-state index is 0.0593. The van der Waals surface area contributed by atoms with Crippen molar-refractivity contribution in [1.82, 2.24) is 25.1 Å². The number of methoxy groups -OCH3 is 1. The van der Waals surface area contributed by atoms with Gasteiger partial charge in [-0.1, -0.05) is 25.6 Å². The lowest BCUT2D eigenvalue weighted by molar-refractivity contribution is -0.126. The molecule has 5 rings (SSSR count). The Labute approximate surface area is 225 Å². The van der Waals surface area contributed by atoms with Crippen molar-refractivity contribution >= 4 is 46.1 Å².